The molecule has 28 heavy (non-hydrogen) atoms. The van der Waals surface area contributed by atoms with E-state index < -0.39 is 31.2 Å². The summed E-state index contributed by atoms with van der Waals surface area (Å²) in [5.41, 5.74) is 5.65. The van der Waals surface area contributed by atoms with Gasteiger partial charge >= 0.3 is 0 Å². The highest BCUT2D eigenvalue weighted by Gasteiger charge is 2.51. The van der Waals surface area contributed by atoms with Crippen molar-refractivity contribution in [2.45, 2.75) is 89.6 Å². The Balaban J connectivity index is 3.33. The molecule has 0 aliphatic carbocycles. The first-order valence-electron chi connectivity index (χ1n) is 9.77. The highest BCUT2D eigenvalue weighted by atomic mass is 32.1. The molecule has 1 heterocycles. The minimum atomic E-state index is -1.91. The number of hydrogen-bond donors (Lipinski definition) is 2. The van der Waals surface area contributed by atoms with E-state index in [-0.39, 0.29) is 29.5 Å². The number of thiocarbonyl (C=S) groups is 1. The lowest BCUT2D eigenvalue weighted by Crippen LogP contribution is -2.67. The molecule has 0 aromatic carbocycles. The SMILES string of the molecule is CO[C@H]1O[C@H](CNC(N)=S)[C@@H](O[Si](C)(C)C)[C@H](O[Si](C)(C)C)[C@H]1O[Si](C)(C)C. The summed E-state index contributed by atoms with van der Waals surface area (Å²) in [7, 11) is -4.07. The Kier molecular flexibility index (Phi) is 9.32. The maximum absolute atomic E-state index is 6.65. The third kappa shape index (κ3) is 9.30. The lowest BCUT2D eigenvalue weighted by atomic mass is 9.99. The van der Waals surface area contributed by atoms with Crippen molar-refractivity contribution in [2.75, 3.05) is 13.7 Å². The Morgan fingerprint density at radius 1 is 0.857 bits per heavy atom. The van der Waals surface area contributed by atoms with Gasteiger partial charge in [-0.1, -0.05) is 0 Å². The largest absolute Gasteiger partial charge is 0.409 e. The molecule has 1 aliphatic heterocycles. The zero-order valence-corrected chi connectivity index (χ0v) is 22.9. The van der Waals surface area contributed by atoms with Crippen LogP contribution in [0.1, 0.15) is 0 Å². The molecule has 1 aliphatic rings. The van der Waals surface area contributed by atoms with Gasteiger partial charge in [0, 0.05) is 13.7 Å². The summed E-state index contributed by atoms with van der Waals surface area (Å²) in [6.07, 6.45) is -1.81. The van der Waals surface area contributed by atoms with Gasteiger partial charge in [-0.15, -0.1) is 0 Å². The smallest absolute Gasteiger partial charge is 0.185 e. The molecule has 7 nitrogen and oxygen atoms in total. The van der Waals surface area contributed by atoms with E-state index in [0.717, 1.165) is 0 Å². The molecule has 11 heteroatoms. The van der Waals surface area contributed by atoms with E-state index >= 15 is 0 Å². The van der Waals surface area contributed by atoms with E-state index in [4.69, 9.17) is 40.7 Å². The van der Waals surface area contributed by atoms with E-state index in [2.05, 4.69) is 64.2 Å². The van der Waals surface area contributed by atoms with Gasteiger partial charge < -0.3 is 33.8 Å². The minimum Gasteiger partial charge on any atom is -0.409 e. The van der Waals surface area contributed by atoms with Gasteiger partial charge in [-0.25, -0.2) is 0 Å². The van der Waals surface area contributed by atoms with Gasteiger partial charge in [0.25, 0.3) is 0 Å². The molecule has 1 rings (SSSR count). The van der Waals surface area contributed by atoms with Gasteiger partial charge in [-0.2, -0.15) is 0 Å². The number of nitrogens with two attached hydrogens (primary N) is 1. The van der Waals surface area contributed by atoms with Gasteiger partial charge in [-0.3, -0.25) is 0 Å². The number of nitrogens with one attached hydrogen (secondary N) is 1. The van der Waals surface area contributed by atoms with Crippen LogP contribution in [-0.4, -0.2) is 74.4 Å². The van der Waals surface area contributed by atoms with Crippen LogP contribution in [0.3, 0.4) is 0 Å². The standard InChI is InChI=1S/C17H40N2O5SSi3/c1-20-16-15(24-28(8,9)10)14(23-27(5,6)7)13(22-26(2,3)4)12(21-16)11-19-17(18)25/h12-16H,11H2,1-10H3,(H3,18,19,25)/t12-,13-,14+,15-,16+/m1/s1. The molecular formula is C17H40N2O5SSi3. The third-order valence-electron chi connectivity index (χ3n) is 3.77. The Labute approximate surface area is 179 Å². The van der Waals surface area contributed by atoms with Crippen LogP contribution in [0.25, 0.3) is 0 Å². The summed E-state index contributed by atoms with van der Waals surface area (Å²) in [6, 6.07) is 0. The molecule has 0 unspecified atom stereocenters. The van der Waals surface area contributed by atoms with Crippen molar-refractivity contribution in [3.05, 3.63) is 0 Å². The van der Waals surface area contributed by atoms with E-state index in [9.17, 15) is 0 Å². The predicted octanol–water partition coefficient (Wildman–Crippen LogP) is 2.85. The summed E-state index contributed by atoms with van der Waals surface area (Å²) in [5, 5.41) is 3.24. The molecule has 0 aromatic rings. The summed E-state index contributed by atoms with van der Waals surface area (Å²) >= 11 is 4.99. The van der Waals surface area contributed by atoms with Crippen molar-refractivity contribution in [1.29, 1.82) is 0 Å². The second-order valence-electron chi connectivity index (χ2n) is 10.1. The molecule has 166 valence electrons. The van der Waals surface area contributed by atoms with Crippen molar-refractivity contribution >= 4 is 42.3 Å². The highest BCUT2D eigenvalue weighted by molar-refractivity contribution is 7.80. The average molecular weight is 469 g/mol. The monoisotopic (exact) mass is 468 g/mol. The first-order valence-corrected chi connectivity index (χ1v) is 20.4. The molecule has 0 amide bonds. The maximum atomic E-state index is 6.65. The minimum absolute atomic E-state index is 0.229. The fourth-order valence-corrected chi connectivity index (χ4v) is 6.39. The van der Waals surface area contributed by atoms with Crippen molar-refractivity contribution in [1.82, 2.24) is 5.32 Å². The topological polar surface area (TPSA) is 84.2 Å². The van der Waals surface area contributed by atoms with Gasteiger partial charge in [0.15, 0.2) is 36.4 Å². The second-order valence-corrected chi connectivity index (χ2v) is 23.9. The van der Waals surface area contributed by atoms with Crippen LogP contribution in [0.4, 0.5) is 0 Å². The number of methoxy groups -OCH3 is 1. The molecule has 0 aromatic heterocycles. The molecular weight excluding hydrogens is 429 g/mol. The number of rotatable bonds is 9. The molecule has 1 saturated heterocycles. The number of ether oxygens (including phenoxy) is 2. The fraction of sp³-hybridized carbons (Fsp3) is 0.941. The summed E-state index contributed by atoms with van der Waals surface area (Å²) in [5.74, 6) is 0. The molecule has 0 bridgehead atoms. The van der Waals surface area contributed by atoms with Gasteiger partial charge in [-0.05, 0) is 71.1 Å². The zero-order chi connectivity index (χ0) is 21.9. The second kappa shape index (κ2) is 9.97. The van der Waals surface area contributed by atoms with Crippen LogP contribution in [0.2, 0.25) is 58.9 Å². The predicted molar refractivity (Wildman–Crippen MR) is 125 cm³/mol. The van der Waals surface area contributed by atoms with E-state index in [1.165, 1.54) is 0 Å². The highest BCUT2D eigenvalue weighted by Crippen LogP contribution is 2.33. The van der Waals surface area contributed by atoms with Crippen molar-refractivity contribution in [2.24, 2.45) is 5.73 Å². The van der Waals surface area contributed by atoms with E-state index in [0.29, 0.717) is 6.54 Å². The van der Waals surface area contributed by atoms with Crippen molar-refractivity contribution in [3.8, 4) is 0 Å². The summed E-state index contributed by atoms with van der Waals surface area (Å²) < 4.78 is 31.7. The third-order valence-corrected chi connectivity index (χ3v) is 6.85. The Bertz CT molecular complexity index is 522. The average Bonchev–Trinajstić information content (AvgIpc) is 2.45. The quantitative estimate of drug-likeness (QED) is 0.395. The van der Waals surface area contributed by atoms with Crippen LogP contribution >= 0.6 is 12.2 Å². The Morgan fingerprint density at radius 2 is 1.29 bits per heavy atom. The molecule has 5 atom stereocenters. The zero-order valence-electron chi connectivity index (χ0n) is 19.1. The maximum Gasteiger partial charge on any atom is 0.185 e. The van der Waals surface area contributed by atoms with E-state index in [1.54, 1.807) is 7.11 Å². The Morgan fingerprint density at radius 3 is 1.68 bits per heavy atom. The first-order chi connectivity index (χ1) is 12.5. The van der Waals surface area contributed by atoms with E-state index in [1.807, 2.05) is 0 Å². The van der Waals surface area contributed by atoms with Gasteiger partial charge in [0.05, 0.1) is 0 Å². The molecule has 0 radical (unpaired) electrons. The Hall–Kier alpha value is 0.141. The molecule has 0 saturated carbocycles. The fourth-order valence-electron chi connectivity index (χ4n) is 3.06. The lowest BCUT2D eigenvalue weighted by Gasteiger charge is -2.50. The summed E-state index contributed by atoms with van der Waals surface area (Å²) in [6.45, 7) is 19.9. The van der Waals surface area contributed by atoms with Gasteiger partial charge in [0.1, 0.15) is 24.4 Å². The molecule has 3 N–H and O–H groups in total. The van der Waals surface area contributed by atoms with Crippen LogP contribution in [0.15, 0.2) is 0 Å². The van der Waals surface area contributed by atoms with Crippen molar-refractivity contribution < 1.29 is 22.8 Å². The van der Waals surface area contributed by atoms with Crippen LogP contribution in [0, 0.1) is 0 Å². The summed E-state index contributed by atoms with van der Waals surface area (Å²) in [4.78, 5) is 0. The first kappa shape index (κ1) is 26.2. The molecule has 1 fully saturated rings. The van der Waals surface area contributed by atoms with Gasteiger partial charge in [0.2, 0.25) is 0 Å². The normalized spacial score (nSPS) is 29.6. The van der Waals surface area contributed by atoms with Crippen LogP contribution in [0.5, 0.6) is 0 Å². The van der Waals surface area contributed by atoms with Crippen LogP contribution < -0.4 is 11.1 Å². The number of hydrogen-bond acceptors (Lipinski definition) is 6. The van der Waals surface area contributed by atoms with Crippen LogP contribution in [-0.2, 0) is 22.8 Å². The van der Waals surface area contributed by atoms with Crippen molar-refractivity contribution in [3.63, 3.8) is 0 Å². The lowest BCUT2D eigenvalue weighted by molar-refractivity contribution is -0.277. The molecule has 0 spiro atoms.